The summed E-state index contributed by atoms with van der Waals surface area (Å²) < 4.78 is 48.2. The lowest BCUT2D eigenvalue weighted by Gasteiger charge is -2.43. The number of hydrogen-bond acceptors (Lipinski definition) is 8. The number of nitrogens with zero attached hydrogens (tertiary/aromatic N) is 2. The maximum absolute atomic E-state index is 14.0. The topological polar surface area (TPSA) is 114 Å². The molecular formula is C40H54ClN3O7S. The van der Waals surface area contributed by atoms with Gasteiger partial charge in [0.15, 0.2) is 0 Å². The normalized spacial score (nSPS) is 20.6. The zero-order valence-electron chi connectivity index (χ0n) is 31.0. The summed E-state index contributed by atoms with van der Waals surface area (Å²) in [7, 11) is -2.60. The minimum absolute atomic E-state index is 0.0174. The molecule has 2 aromatic carbocycles. The van der Waals surface area contributed by atoms with Crippen LogP contribution in [0.1, 0.15) is 76.8 Å². The van der Waals surface area contributed by atoms with Crippen LogP contribution in [0.4, 0.5) is 10.5 Å². The Labute approximate surface area is 314 Å². The van der Waals surface area contributed by atoms with E-state index in [2.05, 4.69) is 22.8 Å². The fraction of sp³-hybridized carbons (Fsp3) is 0.550. The van der Waals surface area contributed by atoms with Crippen LogP contribution in [0.2, 0.25) is 5.02 Å². The Bertz CT molecular complexity index is 1740. The van der Waals surface area contributed by atoms with E-state index in [9.17, 15) is 18.0 Å². The number of hydrogen-bond donors (Lipinski definition) is 1. The maximum atomic E-state index is 14.0. The van der Waals surface area contributed by atoms with E-state index in [1.165, 1.54) is 11.0 Å². The fourth-order valence-corrected chi connectivity index (χ4v) is 8.76. The van der Waals surface area contributed by atoms with Gasteiger partial charge in [0.2, 0.25) is 5.91 Å². The van der Waals surface area contributed by atoms with E-state index in [0.717, 1.165) is 49.7 Å². The molecule has 2 aliphatic carbocycles. The van der Waals surface area contributed by atoms with Gasteiger partial charge < -0.3 is 24.0 Å². The average molecular weight is 756 g/mol. The third-order valence-electron chi connectivity index (χ3n) is 10.6. The number of halogens is 1. The van der Waals surface area contributed by atoms with E-state index >= 15 is 0 Å². The predicted octanol–water partition coefficient (Wildman–Crippen LogP) is 7.69. The van der Waals surface area contributed by atoms with Crippen LogP contribution < -0.4 is 14.4 Å². The maximum Gasteiger partial charge on any atom is 0.410 e. The van der Waals surface area contributed by atoms with Crippen molar-refractivity contribution in [1.29, 1.82) is 0 Å². The number of ether oxygens (including phenoxy) is 3. The van der Waals surface area contributed by atoms with Crippen LogP contribution >= 0.6 is 11.6 Å². The third kappa shape index (κ3) is 9.33. The van der Waals surface area contributed by atoms with Crippen molar-refractivity contribution in [3.63, 3.8) is 0 Å². The van der Waals surface area contributed by atoms with Crippen LogP contribution in [-0.4, -0.2) is 70.3 Å². The first-order chi connectivity index (χ1) is 24.7. The average Bonchev–Trinajstić information content (AvgIpc) is 3.08. The molecule has 2 fully saturated rings. The van der Waals surface area contributed by atoms with Gasteiger partial charge in [-0.05, 0) is 119 Å². The molecule has 1 N–H and O–H groups in total. The molecular weight excluding hydrogens is 702 g/mol. The van der Waals surface area contributed by atoms with Crippen molar-refractivity contribution in [2.45, 2.75) is 95.3 Å². The minimum atomic E-state index is -4.31. The number of carbonyl (C=O) groups excluding carboxylic acids is 2. The number of methoxy groups -OCH3 is 1. The highest BCUT2D eigenvalue weighted by atomic mass is 35.5. The molecule has 5 rings (SSSR count). The molecule has 3 aliphatic rings. The zero-order valence-corrected chi connectivity index (χ0v) is 32.6. The van der Waals surface area contributed by atoms with Crippen LogP contribution in [0.15, 0.2) is 66.6 Å². The highest BCUT2D eigenvalue weighted by molar-refractivity contribution is 7.90. The number of carbonyl (C=O) groups is 2. The minimum Gasteiger partial charge on any atom is -0.487 e. The van der Waals surface area contributed by atoms with Crippen molar-refractivity contribution >= 4 is 39.3 Å². The van der Waals surface area contributed by atoms with E-state index in [-0.39, 0.29) is 24.1 Å². The molecule has 2 aromatic rings. The van der Waals surface area contributed by atoms with Crippen molar-refractivity contribution in [3.05, 3.63) is 77.9 Å². The summed E-state index contributed by atoms with van der Waals surface area (Å²) in [6.45, 7) is 14.9. The van der Waals surface area contributed by atoms with E-state index in [1.807, 2.05) is 24.3 Å². The molecule has 1 aliphatic heterocycles. The van der Waals surface area contributed by atoms with Gasteiger partial charge in [-0.3, -0.25) is 4.79 Å². The molecule has 0 unspecified atom stereocenters. The van der Waals surface area contributed by atoms with E-state index in [1.54, 1.807) is 46.1 Å². The molecule has 0 aromatic heterocycles. The second kappa shape index (κ2) is 16.6. The number of benzene rings is 2. The van der Waals surface area contributed by atoms with Crippen LogP contribution in [-0.2, 0) is 37.3 Å². The number of amides is 2. The SMILES string of the molecule is C=CCN(CC1(C(=O)NS(=O)(=O)c2ccc3c(c2)N(C[C@@H]2CC[C@H]2[C@@H](C=C)OC)CCCCc2cc(Cl)ccc2CO3)CCC1)C(=O)OC(C)(C)C. The second-order valence-electron chi connectivity index (χ2n) is 15.4. The first-order valence-corrected chi connectivity index (χ1v) is 20.2. The largest absolute Gasteiger partial charge is 0.487 e. The standard InChI is InChI=1S/C40H54ClN3O7S/c1-7-21-44(38(46)51-39(3,4)5)27-40(19-11-20-40)37(45)42-52(47,48)32-16-18-36-34(24-32)43(25-29-14-17-33(29)35(8-2)49-6)22-10-9-12-28-23-31(41)15-13-30(28)26-50-36/h7-8,13,15-16,18,23-24,29,33,35H,1-2,9-12,14,17,19-22,25-27H2,3-6H3,(H,42,45)/t29-,33+,35+/m0/s1. The molecule has 10 nitrogen and oxygen atoms in total. The molecule has 2 amide bonds. The summed E-state index contributed by atoms with van der Waals surface area (Å²) in [4.78, 5) is 30.5. The summed E-state index contributed by atoms with van der Waals surface area (Å²) in [6.07, 6.45) is 9.10. The molecule has 0 saturated heterocycles. The number of nitrogens with one attached hydrogen (secondary N) is 1. The molecule has 0 radical (unpaired) electrons. The molecule has 3 atom stereocenters. The Kier molecular flexibility index (Phi) is 12.7. The number of rotatable bonds is 12. The Morgan fingerprint density at radius 3 is 2.50 bits per heavy atom. The van der Waals surface area contributed by atoms with Crippen molar-refractivity contribution in [1.82, 2.24) is 9.62 Å². The van der Waals surface area contributed by atoms with E-state index in [0.29, 0.717) is 60.8 Å². The Morgan fingerprint density at radius 2 is 1.88 bits per heavy atom. The first-order valence-electron chi connectivity index (χ1n) is 18.3. The lowest BCUT2D eigenvalue weighted by molar-refractivity contribution is -0.135. The lowest BCUT2D eigenvalue weighted by atomic mass is 9.68. The lowest BCUT2D eigenvalue weighted by Crippen LogP contribution is -2.55. The van der Waals surface area contributed by atoms with Gasteiger partial charge >= 0.3 is 6.09 Å². The highest BCUT2D eigenvalue weighted by Gasteiger charge is 2.48. The van der Waals surface area contributed by atoms with Crippen LogP contribution in [0.25, 0.3) is 0 Å². The molecule has 1 heterocycles. The predicted molar refractivity (Wildman–Crippen MR) is 204 cm³/mol. The summed E-state index contributed by atoms with van der Waals surface area (Å²) >= 11 is 6.36. The van der Waals surface area contributed by atoms with Gasteiger partial charge in [-0.1, -0.05) is 36.2 Å². The summed E-state index contributed by atoms with van der Waals surface area (Å²) in [5.41, 5.74) is 1.02. The number of sulfonamides is 1. The number of anilines is 1. The molecule has 2 saturated carbocycles. The van der Waals surface area contributed by atoms with Crippen molar-refractivity contribution in [2.24, 2.45) is 17.3 Å². The quantitative estimate of drug-likeness (QED) is 0.220. The first kappa shape index (κ1) is 39.7. The van der Waals surface area contributed by atoms with Gasteiger partial charge in [-0.2, -0.15) is 0 Å². The summed E-state index contributed by atoms with van der Waals surface area (Å²) in [5, 5.41) is 0.681. The van der Waals surface area contributed by atoms with Crippen LogP contribution in [0, 0.1) is 17.3 Å². The van der Waals surface area contributed by atoms with Gasteiger partial charge in [-0.25, -0.2) is 17.9 Å². The number of fused-ring (bicyclic) bond motifs is 2. The van der Waals surface area contributed by atoms with Gasteiger partial charge in [-0.15, -0.1) is 13.2 Å². The van der Waals surface area contributed by atoms with Crippen molar-refractivity contribution in [2.75, 3.05) is 38.2 Å². The summed E-state index contributed by atoms with van der Waals surface area (Å²) in [5.74, 6) is 0.550. The van der Waals surface area contributed by atoms with Crippen LogP contribution in [0.5, 0.6) is 5.75 Å². The van der Waals surface area contributed by atoms with Crippen molar-refractivity contribution < 1.29 is 32.2 Å². The highest BCUT2D eigenvalue weighted by Crippen LogP contribution is 2.44. The van der Waals surface area contributed by atoms with Crippen molar-refractivity contribution in [3.8, 4) is 5.75 Å². The van der Waals surface area contributed by atoms with Gasteiger partial charge in [0.25, 0.3) is 10.0 Å². The molecule has 12 heteroatoms. The summed E-state index contributed by atoms with van der Waals surface area (Å²) in [6, 6.07) is 10.6. The zero-order chi connectivity index (χ0) is 37.7. The smallest absolute Gasteiger partial charge is 0.410 e. The second-order valence-corrected chi connectivity index (χ2v) is 17.5. The third-order valence-corrected chi connectivity index (χ3v) is 12.2. The molecule has 52 heavy (non-hydrogen) atoms. The van der Waals surface area contributed by atoms with E-state index in [4.69, 9.17) is 25.8 Å². The number of aryl methyl sites for hydroxylation is 1. The molecule has 0 spiro atoms. The molecule has 0 bridgehead atoms. The monoisotopic (exact) mass is 755 g/mol. The van der Waals surface area contributed by atoms with Crippen LogP contribution in [0.3, 0.4) is 0 Å². The Hall–Kier alpha value is -3.54. The molecule has 284 valence electrons. The Balaban J connectivity index is 1.44. The van der Waals surface area contributed by atoms with Gasteiger partial charge in [0.05, 0.1) is 22.1 Å². The van der Waals surface area contributed by atoms with E-state index < -0.39 is 33.0 Å². The van der Waals surface area contributed by atoms with Gasteiger partial charge in [0, 0.05) is 38.3 Å². The fourth-order valence-electron chi connectivity index (χ4n) is 7.47. The van der Waals surface area contributed by atoms with Gasteiger partial charge in [0.1, 0.15) is 18.0 Å². The Morgan fingerprint density at radius 1 is 1.12 bits per heavy atom.